The van der Waals surface area contributed by atoms with E-state index >= 15 is 0 Å². The number of carbonyl (C=O) groups is 1. The maximum Gasteiger partial charge on any atom is 0.234 e. The molecular weight excluding hydrogens is 224 g/mol. The molecule has 2 aliphatic rings. The van der Waals surface area contributed by atoms with Gasteiger partial charge in [0.15, 0.2) is 0 Å². The minimum Gasteiger partial charge on any atom is -0.352 e. The van der Waals surface area contributed by atoms with Crippen LogP contribution in [-0.2, 0) is 4.79 Å². The van der Waals surface area contributed by atoms with E-state index in [2.05, 4.69) is 38.3 Å². The lowest BCUT2D eigenvalue weighted by atomic mass is 9.63. The van der Waals surface area contributed by atoms with E-state index in [0.717, 1.165) is 12.8 Å². The molecule has 0 unspecified atom stereocenters. The fraction of sp³-hybridized carbons (Fsp3) is 0.933. The Labute approximate surface area is 111 Å². The summed E-state index contributed by atoms with van der Waals surface area (Å²) < 4.78 is 0. The Morgan fingerprint density at radius 3 is 2.11 bits per heavy atom. The van der Waals surface area contributed by atoms with E-state index in [4.69, 9.17) is 0 Å². The van der Waals surface area contributed by atoms with Gasteiger partial charge in [0.25, 0.3) is 0 Å². The summed E-state index contributed by atoms with van der Waals surface area (Å²) in [5.41, 5.74) is 0.763. The van der Waals surface area contributed by atoms with Crippen molar-refractivity contribution in [3.05, 3.63) is 0 Å². The summed E-state index contributed by atoms with van der Waals surface area (Å²) in [6, 6.07) is 0.951. The summed E-state index contributed by atoms with van der Waals surface area (Å²) in [5, 5.41) is 6.49. The van der Waals surface area contributed by atoms with Crippen LogP contribution in [0, 0.1) is 10.8 Å². The third-order valence-electron chi connectivity index (χ3n) is 4.05. The van der Waals surface area contributed by atoms with E-state index in [1.54, 1.807) is 0 Å². The summed E-state index contributed by atoms with van der Waals surface area (Å²) in [6.45, 7) is 9.84. The largest absolute Gasteiger partial charge is 0.352 e. The molecule has 1 amide bonds. The Balaban J connectivity index is 1.79. The van der Waals surface area contributed by atoms with Gasteiger partial charge in [-0.3, -0.25) is 4.79 Å². The third-order valence-corrected chi connectivity index (χ3v) is 4.05. The van der Waals surface area contributed by atoms with Crippen molar-refractivity contribution in [2.45, 2.75) is 71.9 Å². The van der Waals surface area contributed by atoms with Crippen molar-refractivity contribution in [1.82, 2.24) is 10.6 Å². The molecule has 3 nitrogen and oxygen atoms in total. The molecule has 0 aromatic rings. The first-order chi connectivity index (χ1) is 8.26. The number of carbonyl (C=O) groups excluding carboxylic acids is 1. The average molecular weight is 252 g/mol. The molecule has 0 radical (unpaired) electrons. The molecule has 0 heterocycles. The van der Waals surface area contributed by atoms with Gasteiger partial charge >= 0.3 is 0 Å². The first-order valence-electron chi connectivity index (χ1n) is 7.29. The molecule has 2 fully saturated rings. The van der Waals surface area contributed by atoms with Crippen LogP contribution in [0.15, 0.2) is 0 Å². The summed E-state index contributed by atoms with van der Waals surface area (Å²) in [5.74, 6) is 0.165. The van der Waals surface area contributed by atoms with E-state index in [-0.39, 0.29) is 5.91 Å². The first-order valence-corrected chi connectivity index (χ1v) is 7.29. The van der Waals surface area contributed by atoms with Crippen LogP contribution in [0.4, 0.5) is 0 Å². The van der Waals surface area contributed by atoms with Gasteiger partial charge < -0.3 is 10.6 Å². The van der Waals surface area contributed by atoms with Crippen LogP contribution in [0.2, 0.25) is 0 Å². The van der Waals surface area contributed by atoms with Crippen LogP contribution in [-0.4, -0.2) is 24.5 Å². The quantitative estimate of drug-likeness (QED) is 0.807. The molecule has 0 bridgehead atoms. The highest BCUT2D eigenvalue weighted by Crippen LogP contribution is 2.45. The molecule has 0 spiro atoms. The second kappa shape index (κ2) is 4.84. The van der Waals surface area contributed by atoms with Gasteiger partial charge in [-0.15, -0.1) is 0 Å². The van der Waals surface area contributed by atoms with Crippen LogP contribution >= 0.6 is 0 Å². The molecule has 0 aromatic heterocycles. The minimum atomic E-state index is 0.165. The van der Waals surface area contributed by atoms with Crippen molar-refractivity contribution in [1.29, 1.82) is 0 Å². The predicted molar refractivity (Wildman–Crippen MR) is 74.4 cm³/mol. The van der Waals surface area contributed by atoms with Gasteiger partial charge in [-0.05, 0) is 42.9 Å². The molecule has 0 saturated heterocycles. The monoisotopic (exact) mass is 252 g/mol. The Bertz CT molecular complexity index is 302. The molecule has 18 heavy (non-hydrogen) atoms. The van der Waals surface area contributed by atoms with Crippen molar-refractivity contribution in [3.63, 3.8) is 0 Å². The van der Waals surface area contributed by atoms with E-state index < -0.39 is 0 Å². The minimum absolute atomic E-state index is 0.165. The van der Waals surface area contributed by atoms with Crippen LogP contribution < -0.4 is 10.6 Å². The fourth-order valence-electron chi connectivity index (χ4n) is 3.73. The normalized spacial score (nSPS) is 26.9. The second-order valence-corrected chi connectivity index (χ2v) is 7.83. The van der Waals surface area contributed by atoms with Crippen LogP contribution in [0.5, 0.6) is 0 Å². The molecule has 0 aromatic carbocycles. The Morgan fingerprint density at radius 1 is 1.06 bits per heavy atom. The van der Waals surface area contributed by atoms with Crippen LogP contribution in [0.25, 0.3) is 0 Å². The smallest absolute Gasteiger partial charge is 0.234 e. The van der Waals surface area contributed by atoms with Crippen LogP contribution in [0.1, 0.15) is 59.8 Å². The van der Waals surface area contributed by atoms with Gasteiger partial charge in [-0.2, -0.15) is 0 Å². The number of nitrogens with one attached hydrogen (secondary N) is 2. The number of hydrogen-bond donors (Lipinski definition) is 2. The zero-order chi connectivity index (χ0) is 13.4. The number of rotatable bonds is 4. The topological polar surface area (TPSA) is 41.1 Å². The molecule has 2 aliphatic carbocycles. The summed E-state index contributed by atoms with van der Waals surface area (Å²) >= 11 is 0. The number of hydrogen-bond acceptors (Lipinski definition) is 2. The van der Waals surface area contributed by atoms with Crippen molar-refractivity contribution in [2.75, 3.05) is 6.54 Å². The lowest BCUT2D eigenvalue weighted by Gasteiger charge is -2.45. The molecule has 104 valence electrons. The van der Waals surface area contributed by atoms with Gasteiger partial charge in [0.2, 0.25) is 5.91 Å². The highest BCUT2D eigenvalue weighted by Gasteiger charge is 2.38. The Kier molecular flexibility index (Phi) is 3.72. The second-order valence-electron chi connectivity index (χ2n) is 7.83. The SMILES string of the molecule is CC1(C)CC(NCC(=O)NC2CC2)CC(C)(C)C1. The van der Waals surface area contributed by atoms with E-state index in [1.165, 1.54) is 19.3 Å². The van der Waals surface area contributed by atoms with Crippen molar-refractivity contribution in [2.24, 2.45) is 10.8 Å². The van der Waals surface area contributed by atoms with Crippen LogP contribution in [0.3, 0.4) is 0 Å². The first kappa shape index (κ1) is 13.9. The highest BCUT2D eigenvalue weighted by atomic mass is 16.2. The van der Waals surface area contributed by atoms with Gasteiger partial charge in [0, 0.05) is 12.1 Å². The van der Waals surface area contributed by atoms with E-state index in [0.29, 0.717) is 29.5 Å². The maximum absolute atomic E-state index is 11.7. The average Bonchev–Trinajstić information content (AvgIpc) is 2.93. The molecule has 3 heteroatoms. The van der Waals surface area contributed by atoms with Crippen molar-refractivity contribution >= 4 is 5.91 Å². The Morgan fingerprint density at radius 2 is 1.61 bits per heavy atom. The van der Waals surface area contributed by atoms with E-state index in [1.807, 2.05) is 0 Å². The van der Waals surface area contributed by atoms with Gasteiger partial charge in [0.1, 0.15) is 0 Å². The van der Waals surface area contributed by atoms with Gasteiger partial charge in [0.05, 0.1) is 6.54 Å². The molecule has 2 rings (SSSR count). The third kappa shape index (κ3) is 4.27. The predicted octanol–water partition coefficient (Wildman–Crippen LogP) is 2.46. The molecular formula is C15H28N2O. The molecule has 2 saturated carbocycles. The summed E-state index contributed by atoms with van der Waals surface area (Å²) in [4.78, 5) is 11.7. The highest BCUT2D eigenvalue weighted by molar-refractivity contribution is 5.78. The maximum atomic E-state index is 11.7. The van der Waals surface area contributed by atoms with Gasteiger partial charge in [-0.1, -0.05) is 27.7 Å². The fourth-order valence-corrected chi connectivity index (χ4v) is 3.73. The zero-order valence-electron chi connectivity index (χ0n) is 12.3. The van der Waals surface area contributed by atoms with E-state index in [9.17, 15) is 4.79 Å². The lowest BCUT2D eigenvalue weighted by molar-refractivity contribution is -0.120. The zero-order valence-corrected chi connectivity index (χ0v) is 12.3. The van der Waals surface area contributed by atoms with Crippen molar-refractivity contribution < 1.29 is 4.79 Å². The van der Waals surface area contributed by atoms with Crippen molar-refractivity contribution in [3.8, 4) is 0 Å². The number of amides is 1. The summed E-state index contributed by atoms with van der Waals surface area (Å²) in [7, 11) is 0. The standard InChI is InChI=1S/C15H28N2O/c1-14(2)7-12(8-15(3,4)10-14)16-9-13(18)17-11-5-6-11/h11-12,16H,5-10H2,1-4H3,(H,17,18). The lowest BCUT2D eigenvalue weighted by Crippen LogP contribution is -2.47. The Hall–Kier alpha value is -0.570. The molecule has 0 atom stereocenters. The molecule has 2 N–H and O–H groups in total. The molecule has 0 aliphatic heterocycles. The van der Waals surface area contributed by atoms with Gasteiger partial charge in [-0.25, -0.2) is 0 Å². The summed E-state index contributed by atoms with van der Waals surface area (Å²) in [6.07, 6.45) is 5.94.